The Morgan fingerprint density at radius 3 is 2.80 bits per heavy atom. The summed E-state index contributed by atoms with van der Waals surface area (Å²) in [7, 11) is 1.95. The minimum absolute atomic E-state index is 0.362. The number of amides is 1. The lowest BCUT2D eigenvalue weighted by molar-refractivity contribution is -0.131. The molecule has 1 aliphatic heterocycles. The fraction of sp³-hybridized carbons (Fsp3) is 0.917. The molecule has 1 unspecified atom stereocenters. The van der Waals surface area contributed by atoms with Crippen molar-refractivity contribution >= 4 is 5.91 Å². The van der Waals surface area contributed by atoms with Crippen LogP contribution in [0.25, 0.3) is 0 Å². The standard InChI is InChI=1S/C12H22N2O/c1-14(12(15)10-6-7-10)9-11-5-3-2-4-8-13-11/h10-11,13H,2-9H2,1H3. The SMILES string of the molecule is CN(CC1CCCCCN1)C(=O)C1CC1. The number of hydrogen-bond acceptors (Lipinski definition) is 2. The van der Waals surface area contributed by atoms with Gasteiger partial charge in [-0.3, -0.25) is 4.79 Å². The molecule has 0 radical (unpaired) electrons. The van der Waals surface area contributed by atoms with Gasteiger partial charge in [-0.05, 0) is 32.2 Å². The third-order valence-electron chi connectivity index (χ3n) is 3.46. The van der Waals surface area contributed by atoms with E-state index in [-0.39, 0.29) is 0 Å². The van der Waals surface area contributed by atoms with Crippen LogP contribution in [0.4, 0.5) is 0 Å². The Morgan fingerprint density at radius 1 is 1.27 bits per heavy atom. The van der Waals surface area contributed by atoms with E-state index >= 15 is 0 Å². The molecule has 0 spiro atoms. The first-order valence-corrected chi connectivity index (χ1v) is 6.26. The van der Waals surface area contributed by atoms with Gasteiger partial charge in [0.2, 0.25) is 5.91 Å². The molecule has 3 heteroatoms. The van der Waals surface area contributed by atoms with Crippen molar-refractivity contribution in [2.75, 3.05) is 20.1 Å². The Balaban J connectivity index is 1.75. The third kappa shape index (κ3) is 3.20. The fourth-order valence-corrected chi connectivity index (χ4v) is 2.32. The average Bonchev–Trinajstić information content (AvgIpc) is 3.04. The predicted molar refractivity (Wildman–Crippen MR) is 60.6 cm³/mol. The van der Waals surface area contributed by atoms with Gasteiger partial charge in [0, 0.05) is 25.6 Å². The zero-order valence-electron chi connectivity index (χ0n) is 9.67. The van der Waals surface area contributed by atoms with Gasteiger partial charge in [0.05, 0.1) is 0 Å². The smallest absolute Gasteiger partial charge is 0.225 e. The summed E-state index contributed by atoms with van der Waals surface area (Å²) in [4.78, 5) is 13.7. The molecule has 1 amide bonds. The first-order valence-electron chi connectivity index (χ1n) is 6.26. The normalized spacial score (nSPS) is 27.1. The van der Waals surface area contributed by atoms with Gasteiger partial charge in [-0.2, -0.15) is 0 Å². The van der Waals surface area contributed by atoms with E-state index in [1.165, 1.54) is 25.7 Å². The van der Waals surface area contributed by atoms with Crippen LogP contribution in [0, 0.1) is 5.92 Å². The summed E-state index contributed by atoms with van der Waals surface area (Å²) in [6.07, 6.45) is 7.38. The lowest BCUT2D eigenvalue weighted by atomic mass is 10.1. The van der Waals surface area contributed by atoms with E-state index in [9.17, 15) is 4.79 Å². The summed E-state index contributed by atoms with van der Waals surface area (Å²) < 4.78 is 0. The van der Waals surface area contributed by atoms with Gasteiger partial charge < -0.3 is 10.2 Å². The molecule has 1 atom stereocenters. The van der Waals surface area contributed by atoms with Crippen molar-refractivity contribution in [3.63, 3.8) is 0 Å². The number of nitrogens with zero attached hydrogens (tertiary/aromatic N) is 1. The molecule has 1 N–H and O–H groups in total. The molecule has 0 aromatic rings. The van der Waals surface area contributed by atoms with Gasteiger partial charge in [0.1, 0.15) is 0 Å². The quantitative estimate of drug-likeness (QED) is 0.763. The topological polar surface area (TPSA) is 32.3 Å². The summed E-state index contributed by atoms with van der Waals surface area (Å²) in [5.41, 5.74) is 0. The summed E-state index contributed by atoms with van der Waals surface area (Å²) in [5, 5.41) is 3.53. The predicted octanol–water partition coefficient (Wildman–Crippen LogP) is 1.39. The second kappa shape index (κ2) is 4.97. The Morgan fingerprint density at radius 2 is 2.07 bits per heavy atom. The zero-order chi connectivity index (χ0) is 10.7. The van der Waals surface area contributed by atoms with Gasteiger partial charge in [0.15, 0.2) is 0 Å². The number of nitrogens with one attached hydrogen (secondary N) is 1. The number of hydrogen-bond donors (Lipinski definition) is 1. The van der Waals surface area contributed by atoms with E-state index in [4.69, 9.17) is 0 Å². The minimum atomic E-state index is 0.362. The van der Waals surface area contributed by atoms with Crippen LogP contribution in [-0.4, -0.2) is 37.0 Å². The molecule has 0 aromatic heterocycles. The van der Waals surface area contributed by atoms with Crippen LogP contribution in [0.2, 0.25) is 0 Å². The molecular weight excluding hydrogens is 188 g/mol. The van der Waals surface area contributed by atoms with Crippen molar-refractivity contribution in [2.24, 2.45) is 5.92 Å². The maximum Gasteiger partial charge on any atom is 0.225 e. The lowest BCUT2D eigenvalue weighted by Gasteiger charge is -2.24. The Labute approximate surface area is 92.2 Å². The number of rotatable bonds is 3. The highest BCUT2D eigenvalue weighted by atomic mass is 16.2. The van der Waals surface area contributed by atoms with Crippen LogP contribution in [0.1, 0.15) is 38.5 Å². The molecular formula is C12H22N2O. The van der Waals surface area contributed by atoms with Crippen molar-refractivity contribution in [3.05, 3.63) is 0 Å². The van der Waals surface area contributed by atoms with Crippen molar-refractivity contribution in [1.29, 1.82) is 0 Å². The van der Waals surface area contributed by atoms with E-state index in [2.05, 4.69) is 5.32 Å². The zero-order valence-corrected chi connectivity index (χ0v) is 9.67. The van der Waals surface area contributed by atoms with E-state index in [0.29, 0.717) is 17.9 Å². The van der Waals surface area contributed by atoms with E-state index in [1.54, 1.807) is 0 Å². The Hall–Kier alpha value is -0.570. The van der Waals surface area contributed by atoms with Gasteiger partial charge in [-0.1, -0.05) is 12.8 Å². The number of carbonyl (C=O) groups excluding carboxylic acids is 1. The molecule has 0 bridgehead atoms. The maximum atomic E-state index is 11.8. The molecule has 1 saturated carbocycles. The molecule has 2 fully saturated rings. The van der Waals surface area contributed by atoms with Crippen LogP contribution in [-0.2, 0) is 4.79 Å². The Bertz CT molecular complexity index is 218. The highest BCUT2D eigenvalue weighted by Crippen LogP contribution is 2.30. The lowest BCUT2D eigenvalue weighted by Crippen LogP contribution is -2.42. The molecule has 1 aliphatic carbocycles. The van der Waals surface area contributed by atoms with Crippen molar-refractivity contribution in [1.82, 2.24) is 10.2 Å². The van der Waals surface area contributed by atoms with Crippen LogP contribution in [0.15, 0.2) is 0 Å². The average molecular weight is 210 g/mol. The van der Waals surface area contributed by atoms with Gasteiger partial charge in [-0.15, -0.1) is 0 Å². The summed E-state index contributed by atoms with van der Waals surface area (Å²) in [6, 6.07) is 0.528. The Kier molecular flexibility index (Phi) is 3.62. The minimum Gasteiger partial charge on any atom is -0.344 e. The largest absolute Gasteiger partial charge is 0.344 e. The monoisotopic (exact) mass is 210 g/mol. The second-order valence-corrected chi connectivity index (χ2v) is 4.99. The molecule has 1 saturated heterocycles. The van der Waals surface area contributed by atoms with Crippen LogP contribution >= 0.6 is 0 Å². The summed E-state index contributed by atoms with van der Waals surface area (Å²) in [5.74, 6) is 0.724. The first kappa shape index (κ1) is 10.9. The van der Waals surface area contributed by atoms with E-state index in [0.717, 1.165) is 25.9 Å². The van der Waals surface area contributed by atoms with Crippen LogP contribution in [0.5, 0.6) is 0 Å². The van der Waals surface area contributed by atoms with Crippen LogP contribution in [0.3, 0.4) is 0 Å². The summed E-state index contributed by atoms with van der Waals surface area (Å²) in [6.45, 7) is 2.02. The molecule has 2 aliphatic rings. The number of carbonyl (C=O) groups is 1. The van der Waals surface area contributed by atoms with Crippen molar-refractivity contribution in [2.45, 2.75) is 44.6 Å². The molecule has 3 nitrogen and oxygen atoms in total. The molecule has 86 valence electrons. The van der Waals surface area contributed by atoms with Gasteiger partial charge in [0.25, 0.3) is 0 Å². The summed E-state index contributed by atoms with van der Waals surface area (Å²) >= 11 is 0. The highest BCUT2D eigenvalue weighted by molar-refractivity contribution is 5.80. The highest BCUT2D eigenvalue weighted by Gasteiger charge is 2.32. The fourth-order valence-electron chi connectivity index (χ4n) is 2.32. The third-order valence-corrected chi connectivity index (χ3v) is 3.46. The molecule has 1 heterocycles. The molecule has 0 aromatic carbocycles. The second-order valence-electron chi connectivity index (χ2n) is 4.99. The van der Waals surface area contributed by atoms with Gasteiger partial charge in [-0.25, -0.2) is 0 Å². The van der Waals surface area contributed by atoms with E-state index < -0.39 is 0 Å². The van der Waals surface area contributed by atoms with Crippen molar-refractivity contribution in [3.8, 4) is 0 Å². The maximum absolute atomic E-state index is 11.8. The first-order chi connectivity index (χ1) is 7.27. The molecule has 2 rings (SSSR count). The van der Waals surface area contributed by atoms with Crippen LogP contribution < -0.4 is 5.32 Å². The number of likely N-dealkylation sites (N-methyl/N-ethyl adjacent to an activating group) is 1. The van der Waals surface area contributed by atoms with Crippen molar-refractivity contribution < 1.29 is 4.79 Å². The van der Waals surface area contributed by atoms with E-state index in [1.807, 2.05) is 11.9 Å². The van der Waals surface area contributed by atoms with Gasteiger partial charge >= 0.3 is 0 Å². The molecule has 15 heavy (non-hydrogen) atoms.